The molecule has 1 aromatic rings. The second kappa shape index (κ2) is 6.30. The summed E-state index contributed by atoms with van der Waals surface area (Å²) in [5.74, 6) is -0.0685. The highest BCUT2D eigenvalue weighted by Crippen LogP contribution is 2.17. The zero-order chi connectivity index (χ0) is 14.6. The minimum Gasteiger partial charge on any atom is -0.299 e. The fraction of sp³-hybridized carbons (Fsp3) is 0.500. The molecule has 0 aliphatic heterocycles. The quantitative estimate of drug-likeness (QED) is 0.870. The Morgan fingerprint density at radius 2 is 1.74 bits per heavy atom. The molecular weight excluding hydrogens is 262 g/mol. The summed E-state index contributed by atoms with van der Waals surface area (Å²) in [5, 5.41) is 0. The maximum atomic E-state index is 12.2. The van der Waals surface area contributed by atoms with E-state index in [1.54, 1.807) is 32.0 Å². The van der Waals surface area contributed by atoms with Crippen molar-refractivity contribution in [2.75, 3.05) is 0 Å². The van der Waals surface area contributed by atoms with Crippen LogP contribution in [0.5, 0.6) is 0 Å². The van der Waals surface area contributed by atoms with Crippen LogP contribution in [-0.4, -0.2) is 20.2 Å². The van der Waals surface area contributed by atoms with Gasteiger partial charge in [-0.25, -0.2) is 13.1 Å². The molecule has 0 heterocycles. The molecule has 0 radical (unpaired) electrons. The average Bonchev–Trinajstić information content (AvgIpc) is 2.27. The molecule has 0 aliphatic carbocycles. The number of hydrogen-bond acceptors (Lipinski definition) is 3. The monoisotopic (exact) mass is 283 g/mol. The molecule has 0 spiro atoms. The van der Waals surface area contributed by atoms with Gasteiger partial charge < -0.3 is 0 Å². The number of ketones is 1. The predicted octanol–water partition coefficient (Wildman–Crippen LogP) is 2.14. The summed E-state index contributed by atoms with van der Waals surface area (Å²) in [6, 6.07) is 6.46. The Bertz CT molecular complexity index is 548. The fourth-order valence-electron chi connectivity index (χ4n) is 1.68. The average molecular weight is 283 g/mol. The first-order valence-corrected chi connectivity index (χ1v) is 7.85. The van der Waals surface area contributed by atoms with Crippen LogP contribution in [0.1, 0.15) is 33.3 Å². The Morgan fingerprint density at radius 1 is 1.16 bits per heavy atom. The van der Waals surface area contributed by atoms with Crippen LogP contribution in [0.3, 0.4) is 0 Å². The van der Waals surface area contributed by atoms with Gasteiger partial charge in [0.25, 0.3) is 0 Å². The first-order valence-electron chi connectivity index (χ1n) is 6.37. The van der Waals surface area contributed by atoms with E-state index < -0.39 is 10.0 Å². The van der Waals surface area contributed by atoms with Gasteiger partial charge in [0, 0.05) is 18.4 Å². The van der Waals surface area contributed by atoms with E-state index in [2.05, 4.69) is 4.72 Å². The van der Waals surface area contributed by atoms with Gasteiger partial charge in [-0.05, 0) is 25.5 Å². The van der Waals surface area contributed by atoms with E-state index in [9.17, 15) is 13.2 Å². The van der Waals surface area contributed by atoms with E-state index in [0.29, 0.717) is 5.56 Å². The molecule has 19 heavy (non-hydrogen) atoms. The second-order valence-electron chi connectivity index (χ2n) is 5.18. The zero-order valence-electron chi connectivity index (χ0n) is 11.8. The highest BCUT2D eigenvalue weighted by Gasteiger charge is 2.20. The van der Waals surface area contributed by atoms with Crippen molar-refractivity contribution in [3.8, 4) is 0 Å². The Labute approximate surface area is 115 Å². The van der Waals surface area contributed by atoms with Crippen molar-refractivity contribution in [3.63, 3.8) is 0 Å². The van der Waals surface area contributed by atoms with Crippen molar-refractivity contribution in [2.45, 2.75) is 45.1 Å². The number of carbonyl (C=O) groups is 1. The molecule has 0 atom stereocenters. The molecule has 0 unspecified atom stereocenters. The summed E-state index contributed by atoms with van der Waals surface area (Å²) in [6.45, 7) is 7.15. The summed E-state index contributed by atoms with van der Waals surface area (Å²) in [4.78, 5) is 12.0. The van der Waals surface area contributed by atoms with Crippen LogP contribution in [-0.2, 0) is 21.2 Å². The Balaban J connectivity index is 3.12. The normalized spacial score (nSPS) is 12.1. The van der Waals surface area contributed by atoms with E-state index in [1.165, 1.54) is 6.07 Å². The molecule has 5 heteroatoms. The van der Waals surface area contributed by atoms with Gasteiger partial charge in [-0.2, -0.15) is 0 Å². The van der Waals surface area contributed by atoms with Gasteiger partial charge in [0.15, 0.2) is 0 Å². The van der Waals surface area contributed by atoms with E-state index in [1.807, 2.05) is 13.8 Å². The van der Waals surface area contributed by atoms with Crippen molar-refractivity contribution in [1.82, 2.24) is 4.72 Å². The van der Waals surface area contributed by atoms with E-state index >= 15 is 0 Å². The van der Waals surface area contributed by atoms with E-state index in [0.717, 1.165) is 0 Å². The third-order valence-corrected chi connectivity index (χ3v) is 4.42. The summed E-state index contributed by atoms with van der Waals surface area (Å²) in [5.41, 5.74) is 0.550. The van der Waals surface area contributed by atoms with Crippen molar-refractivity contribution in [3.05, 3.63) is 29.8 Å². The van der Waals surface area contributed by atoms with Crippen molar-refractivity contribution in [1.29, 1.82) is 0 Å². The van der Waals surface area contributed by atoms with Gasteiger partial charge in [-0.15, -0.1) is 0 Å². The lowest BCUT2D eigenvalue weighted by Crippen LogP contribution is -2.31. The molecule has 1 rings (SSSR count). The van der Waals surface area contributed by atoms with Gasteiger partial charge in [-0.3, -0.25) is 4.79 Å². The van der Waals surface area contributed by atoms with Crippen molar-refractivity contribution < 1.29 is 13.2 Å². The van der Waals surface area contributed by atoms with Gasteiger partial charge in [0.2, 0.25) is 10.0 Å². The van der Waals surface area contributed by atoms with E-state index in [4.69, 9.17) is 0 Å². The predicted molar refractivity (Wildman–Crippen MR) is 75.4 cm³/mol. The molecule has 106 valence electrons. The zero-order valence-corrected chi connectivity index (χ0v) is 12.6. The number of rotatable bonds is 6. The lowest BCUT2D eigenvalue weighted by atomic mass is 10.0. The minimum atomic E-state index is -3.56. The number of hydrogen-bond donors (Lipinski definition) is 1. The topological polar surface area (TPSA) is 63.2 Å². The van der Waals surface area contributed by atoms with E-state index in [-0.39, 0.29) is 29.1 Å². The second-order valence-corrected chi connectivity index (χ2v) is 6.86. The molecule has 1 aromatic carbocycles. The molecule has 0 fully saturated rings. The number of benzene rings is 1. The van der Waals surface area contributed by atoms with Crippen LogP contribution in [0.4, 0.5) is 0 Å². The van der Waals surface area contributed by atoms with Gasteiger partial charge in [0.05, 0.1) is 4.90 Å². The van der Waals surface area contributed by atoms with Crippen LogP contribution in [0.15, 0.2) is 29.2 Å². The largest absolute Gasteiger partial charge is 0.299 e. The highest BCUT2D eigenvalue weighted by atomic mass is 32.2. The molecule has 0 bridgehead atoms. The molecule has 0 saturated carbocycles. The van der Waals surface area contributed by atoms with Crippen LogP contribution < -0.4 is 4.72 Å². The number of nitrogens with one attached hydrogen (secondary N) is 1. The molecule has 0 aromatic heterocycles. The summed E-state index contributed by atoms with van der Waals surface area (Å²) in [6.07, 6.45) is 0.146. The standard InChI is InChI=1S/C14H21NO3S/c1-10(2)13(16)9-12-7-5-6-8-14(12)19(17,18)15-11(3)4/h5-8,10-11,15H,9H2,1-4H3. The van der Waals surface area contributed by atoms with Crippen LogP contribution in [0, 0.1) is 5.92 Å². The molecule has 1 N–H and O–H groups in total. The van der Waals surface area contributed by atoms with Crippen molar-refractivity contribution >= 4 is 15.8 Å². The third kappa shape index (κ3) is 4.44. The molecule has 0 saturated heterocycles. The Kier molecular flexibility index (Phi) is 5.26. The third-order valence-electron chi connectivity index (χ3n) is 2.66. The maximum Gasteiger partial charge on any atom is 0.241 e. The maximum absolute atomic E-state index is 12.2. The van der Waals surface area contributed by atoms with Crippen molar-refractivity contribution in [2.24, 2.45) is 5.92 Å². The Hall–Kier alpha value is -1.20. The fourth-order valence-corrected chi connectivity index (χ4v) is 3.17. The van der Waals surface area contributed by atoms with Crippen LogP contribution in [0.25, 0.3) is 0 Å². The lowest BCUT2D eigenvalue weighted by molar-refractivity contribution is -0.121. The van der Waals surface area contributed by atoms with Gasteiger partial charge in [0.1, 0.15) is 5.78 Å². The highest BCUT2D eigenvalue weighted by molar-refractivity contribution is 7.89. The SMILES string of the molecule is CC(C)NS(=O)(=O)c1ccccc1CC(=O)C(C)C. The molecule has 0 aliphatic rings. The molecule has 4 nitrogen and oxygen atoms in total. The molecular formula is C14H21NO3S. The first-order chi connectivity index (χ1) is 8.74. The van der Waals surface area contributed by atoms with Crippen LogP contribution in [0.2, 0.25) is 0 Å². The number of carbonyl (C=O) groups excluding carboxylic acids is 1. The van der Waals surface area contributed by atoms with Gasteiger partial charge >= 0.3 is 0 Å². The summed E-state index contributed by atoms with van der Waals surface area (Å²) < 4.78 is 26.9. The summed E-state index contributed by atoms with van der Waals surface area (Å²) in [7, 11) is -3.56. The molecule has 0 amide bonds. The number of sulfonamides is 1. The smallest absolute Gasteiger partial charge is 0.241 e. The Morgan fingerprint density at radius 3 is 2.26 bits per heavy atom. The minimum absolute atomic E-state index is 0.0344. The van der Waals surface area contributed by atoms with Gasteiger partial charge in [-0.1, -0.05) is 32.0 Å². The lowest BCUT2D eigenvalue weighted by Gasteiger charge is -2.13. The first kappa shape index (κ1) is 15.9. The van der Waals surface area contributed by atoms with Crippen LogP contribution >= 0.6 is 0 Å². The number of Topliss-reactive ketones (excluding diaryl/α,β-unsaturated/α-hetero) is 1. The summed E-state index contributed by atoms with van der Waals surface area (Å²) >= 11 is 0.